The van der Waals surface area contributed by atoms with Crippen LogP contribution in [0.1, 0.15) is 0 Å². The van der Waals surface area contributed by atoms with Crippen LogP contribution in [0.15, 0.2) is 67.1 Å². The second kappa shape index (κ2) is 6.36. The number of ether oxygens (including phenoxy) is 1. The van der Waals surface area contributed by atoms with E-state index in [2.05, 4.69) is 4.98 Å². The molecular formula is C18H17N3O2. The maximum atomic E-state index is 12.6. The van der Waals surface area contributed by atoms with E-state index in [9.17, 15) is 4.79 Å². The normalized spacial score (nSPS) is 10.3. The van der Waals surface area contributed by atoms with Crippen molar-refractivity contribution in [2.45, 2.75) is 0 Å². The molecule has 1 amide bonds. The first kappa shape index (κ1) is 14.8. The first-order valence-electron chi connectivity index (χ1n) is 7.20. The van der Waals surface area contributed by atoms with Crippen LogP contribution in [-0.4, -0.2) is 29.7 Å². The molecule has 0 unspecified atom stereocenters. The summed E-state index contributed by atoms with van der Waals surface area (Å²) in [4.78, 5) is 18.4. The molecule has 0 bridgehead atoms. The third-order valence-electron chi connectivity index (χ3n) is 3.62. The Labute approximate surface area is 134 Å². The Morgan fingerprint density at radius 3 is 2.43 bits per heavy atom. The summed E-state index contributed by atoms with van der Waals surface area (Å²) >= 11 is 0. The Morgan fingerprint density at radius 1 is 1.09 bits per heavy atom. The van der Waals surface area contributed by atoms with Gasteiger partial charge in [-0.2, -0.15) is 0 Å². The molecule has 0 fully saturated rings. The van der Waals surface area contributed by atoms with E-state index < -0.39 is 0 Å². The number of methoxy groups -OCH3 is 1. The van der Waals surface area contributed by atoms with Gasteiger partial charge in [-0.1, -0.05) is 30.3 Å². The Hall–Kier alpha value is -3.08. The van der Waals surface area contributed by atoms with E-state index >= 15 is 0 Å². The van der Waals surface area contributed by atoms with Crippen LogP contribution >= 0.6 is 0 Å². The summed E-state index contributed by atoms with van der Waals surface area (Å²) in [6.45, 7) is 0. The molecule has 0 radical (unpaired) electrons. The molecule has 1 aromatic heterocycles. The van der Waals surface area contributed by atoms with E-state index in [1.165, 1.54) is 10.9 Å². The van der Waals surface area contributed by atoms with Crippen LogP contribution in [0.5, 0.6) is 5.75 Å². The summed E-state index contributed by atoms with van der Waals surface area (Å²) in [6, 6.07) is 16.9. The molecule has 3 rings (SSSR count). The second-order valence-corrected chi connectivity index (χ2v) is 5.07. The average molecular weight is 307 g/mol. The lowest BCUT2D eigenvalue weighted by Crippen LogP contribution is -2.30. The number of amides is 1. The van der Waals surface area contributed by atoms with E-state index in [0.29, 0.717) is 0 Å². The van der Waals surface area contributed by atoms with Gasteiger partial charge in [0.25, 0.3) is 0 Å². The number of hydrogen-bond donors (Lipinski definition) is 0. The summed E-state index contributed by atoms with van der Waals surface area (Å²) in [5, 5.41) is 0. The summed E-state index contributed by atoms with van der Waals surface area (Å²) in [6.07, 6.45) is 3.27. The van der Waals surface area contributed by atoms with Gasteiger partial charge in [0.1, 0.15) is 12.1 Å². The predicted octanol–water partition coefficient (Wildman–Crippen LogP) is 3.66. The molecule has 5 heteroatoms. The number of carbonyl (C=O) groups is 1. The van der Waals surface area contributed by atoms with E-state index in [4.69, 9.17) is 4.74 Å². The zero-order valence-corrected chi connectivity index (χ0v) is 13.0. The molecule has 0 aliphatic carbocycles. The van der Waals surface area contributed by atoms with E-state index in [0.717, 1.165) is 22.7 Å². The monoisotopic (exact) mass is 307 g/mol. The van der Waals surface area contributed by atoms with Crippen LogP contribution in [0.25, 0.3) is 11.3 Å². The lowest BCUT2D eigenvalue weighted by Gasteiger charge is -2.17. The number of carbonyl (C=O) groups excluding carboxylic acids is 1. The van der Waals surface area contributed by atoms with Crippen LogP contribution in [-0.2, 0) is 0 Å². The Balaban J connectivity index is 1.81. The zero-order valence-electron chi connectivity index (χ0n) is 13.0. The van der Waals surface area contributed by atoms with Gasteiger partial charge in [0, 0.05) is 24.5 Å². The molecular weight excluding hydrogens is 290 g/mol. The van der Waals surface area contributed by atoms with Crippen molar-refractivity contribution in [1.82, 2.24) is 9.55 Å². The molecule has 0 atom stereocenters. The molecule has 0 aliphatic rings. The number of hydrogen-bond acceptors (Lipinski definition) is 3. The van der Waals surface area contributed by atoms with Gasteiger partial charge >= 0.3 is 6.03 Å². The molecule has 5 nitrogen and oxygen atoms in total. The smallest absolute Gasteiger partial charge is 0.333 e. The molecule has 23 heavy (non-hydrogen) atoms. The van der Waals surface area contributed by atoms with Crippen molar-refractivity contribution in [1.29, 1.82) is 0 Å². The van der Waals surface area contributed by atoms with Gasteiger partial charge in [-0.15, -0.1) is 0 Å². The maximum Gasteiger partial charge on any atom is 0.333 e. The highest BCUT2D eigenvalue weighted by atomic mass is 16.5. The SMILES string of the molecule is COc1ccc(N(C)C(=O)n2cnc(-c3ccccc3)c2)cc1. The third kappa shape index (κ3) is 3.08. The third-order valence-corrected chi connectivity index (χ3v) is 3.62. The van der Waals surface area contributed by atoms with Crippen LogP contribution in [0.4, 0.5) is 10.5 Å². The largest absolute Gasteiger partial charge is 0.497 e. The quantitative estimate of drug-likeness (QED) is 0.742. The molecule has 0 aliphatic heterocycles. The van der Waals surface area contributed by atoms with Crippen molar-refractivity contribution in [2.75, 3.05) is 19.1 Å². The highest BCUT2D eigenvalue weighted by molar-refractivity contribution is 5.93. The van der Waals surface area contributed by atoms with Crippen molar-refractivity contribution in [3.05, 3.63) is 67.1 Å². The van der Waals surface area contributed by atoms with Gasteiger partial charge in [0.15, 0.2) is 0 Å². The summed E-state index contributed by atoms with van der Waals surface area (Å²) < 4.78 is 6.61. The van der Waals surface area contributed by atoms with Gasteiger partial charge in [-0.05, 0) is 24.3 Å². The second-order valence-electron chi connectivity index (χ2n) is 5.07. The first-order valence-corrected chi connectivity index (χ1v) is 7.20. The van der Waals surface area contributed by atoms with E-state index in [1.54, 1.807) is 25.3 Å². The Morgan fingerprint density at radius 2 is 1.78 bits per heavy atom. The summed E-state index contributed by atoms with van der Waals surface area (Å²) in [7, 11) is 3.34. The standard InChI is InChI=1S/C18H17N3O2/c1-20(15-8-10-16(23-2)11-9-15)18(22)21-12-17(19-13-21)14-6-4-3-5-7-14/h3-13H,1-2H3. The molecule has 0 N–H and O–H groups in total. The first-order chi connectivity index (χ1) is 11.2. The number of nitrogens with zero attached hydrogens (tertiary/aromatic N) is 3. The van der Waals surface area contributed by atoms with Crippen LogP contribution in [0.2, 0.25) is 0 Å². The van der Waals surface area contributed by atoms with Gasteiger partial charge < -0.3 is 4.74 Å². The van der Waals surface area contributed by atoms with Gasteiger partial charge in [0.05, 0.1) is 12.8 Å². The zero-order chi connectivity index (χ0) is 16.2. The van der Waals surface area contributed by atoms with Gasteiger partial charge in [-0.3, -0.25) is 9.47 Å². The van der Waals surface area contributed by atoms with Crippen LogP contribution in [0, 0.1) is 0 Å². The van der Waals surface area contributed by atoms with Crippen LogP contribution in [0.3, 0.4) is 0 Å². The average Bonchev–Trinajstić information content (AvgIpc) is 3.11. The van der Waals surface area contributed by atoms with Crippen LogP contribution < -0.4 is 9.64 Å². The number of anilines is 1. The molecule has 0 saturated carbocycles. The fraction of sp³-hybridized carbons (Fsp3) is 0.111. The highest BCUT2D eigenvalue weighted by Gasteiger charge is 2.14. The lowest BCUT2D eigenvalue weighted by atomic mass is 10.2. The van der Waals surface area contributed by atoms with Crippen molar-refractivity contribution < 1.29 is 9.53 Å². The van der Waals surface area contributed by atoms with E-state index in [1.807, 2.05) is 54.6 Å². The molecule has 0 saturated heterocycles. The number of aromatic nitrogens is 2. The molecule has 1 heterocycles. The minimum atomic E-state index is -0.176. The van der Waals surface area contributed by atoms with E-state index in [-0.39, 0.29) is 6.03 Å². The predicted molar refractivity (Wildman–Crippen MR) is 89.9 cm³/mol. The maximum absolute atomic E-state index is 12.6. The molecule has 2 aromatic carbocycles. The fourth-order valence-electron chi connectivity index (χ4n) is 2.27. The van der Waals surface area contributed by atoms with Gasteiger partial charge in [0.2, 0.25) is 0 Å². The molecule has 116 valence electrons. The Bertz CT molecular complexity index is 795. The van der Waals surface area contributed by atoms with Crippen molar-refractivity contribution in [3.63, 3.8) is 0 Å². The molecule has 3 aromatic rings. The number of rotatable bonds is 3. The number of benzene rings is 2. The van der Waals surface area contributed by atoms with Crippen molar-refractivity contribution in [3.8, 4) is 17.0 Å². The minimum Gasteiger partial charge on any atom is -0.497 e. The fourth-order valence-corrected chi connectivity index (χ4v) is 2.27. The summed E-state index contributed by atoms with van der Waals surface area (Å²) in [5.41, 5.74) is 2.53. The minimum absolute atomic E-state index is 0.176. The topological polar surface area (TPSA) is 47.4 Å². The lowest BCUT2D eigenvalue weighted by molar-refractivity contribution is 0.249. The van der Waals surface area contributed by atoms with Crippen molar-refractivity contribution >= 4 is 11.7 Å². The Kier molecular flexibility index (Phi) is 4.10. The summed E-state index contributed by atoms with van der Waals surface area (Å²) in [5.74, 6) is 0.753. The molecule has 0 spiro atoms. The van der Waals surface area contributed by atoms with Crippen molar-refractivity contribution in [2.24, 2.45) is 0 Å². The number of imidazole rings is 1. The van der Waals surface area contributed by atoms with Gasteiger partial charge in [-0.25, -0.2) is 9.78 Å². The highest BCUT2D eigenvalue weighted by Crippen LogP contribution is 2.20.